The number of nitrogens with zero attached hydrogens (tertiary/aromatic N) is 2. The van der Waals surface area contributed by atoms with Crippen molar-refractivity contribution in [2.45, 2.75) is 33.2 Å². The van der Waals surface area contributed by atoms with Gasteiger partial charge in [-0.05, 0) is 42.9 Å². The highest BCUT2D eigenvalue weighted by molar-refractivity contribution is 14.1. The smallest absolute Gasteiger partial charge is 0.303 e. The minimum absolute atomic E-state index is 0.203. The van der Waals surface area contributed by atoms with E-state index in [4.69, 9.17) is 5.11 Å². The molecule has 0 aliphatic rings. The van der Waals surface area contributed by atoms with Gasteiger partial charge in [-0.25, -0.2) is 0 Å². The summed E-state index contributed by atoms with van der Waals surface area (Å²) < 4.78 is 3.04. The van der Waals surface area contributed by atoms with Gasteiger partial charge in [0.1, 0.15) is 0 Å². The fourth-order valence-corrected chi connectivity index (χ4v) is 1.66. The highest BCUT2D eigenvalue weighted by Gasteiger charge is 2.08. The number of carbonyl (C=O) groups is 1. The maximum atomic E-state index is 10.3. The van der Waals surface area contributed by atoms with E-state index in [1.165, 1.54) is 0 Å². The Bertz CT molecular complexity index is 347. The van der Waals surface area contributed by atoms with Crippen molar-refractivity contribution in [3.63, 3.8) is 0 Å². The van der Waals surface area contributed by atoms with E-state index < -0.39 is 5.97 Å². The van der Waals surface area contributed by atoms with Crippen LogP contribution in [0.5, 0.6) is 0 Å². The lowest BCUT2D eigenvalue weighted by Crippen LogP contribution is -2.05. The van der Waals surface area contributed by atoms with E-state index >= 15 is 0 Å². The van der Waals surface area contributed by atoms with Crippen LogP contribution in [0, 0.1) is 17.4 Å². The number of hydrogen-bond donors (Lipinski definition) is 1. The van der Waals surface area contributed by atoms with Crippen LogP contribution in [0.15, 0.2) is 0 Å². The summed E-state index contributed by atoms with van der Waals surface area (Å²) in [5, 5.41) is 12.8. The van der Waals surface area contributed by atoms with E-state index in [0.717, 1.165) is 15.0 Å². The van der Waals surface area contributed by atoms with Crippen molar-refractivity contribution in [2.24, 2.45) is 0 Å². The van der Waals surface area contributed by atoms with Crippen LogP contribution < -0.4 is 0 Å². The molecule has 4 nitrogen and oxygen atoms in total. The number of aliphatic carboxylic acids is 1. The second-order valence-electron chi connectivity index (χ2n) is 3.21. The van der Waals surface area contributed by atoms with E-state index in [-0.39, 0.29) is 6.42 Å². The Hall–Kier alpha value is -0.590. The van der Waals surface area contributed by atoms with Crippen LogP contribution >= 0.6 is 22.6 Å². The average molecular weight is 308 g/mol. The van der Waals surface area contributed by atoms with Gasteiger partial charge in [0, 0.05) is 18.7 Å². The van der Waals surface area contributed by atoms with E-state index in [0.29, 0.717) is 13.0 Å². The third-order valence-corrected chi connectivity index (χ3v) is 3.61. The molecule has 0 amide bonds. The molecule has 0 fully saturated rings. The largest absolute Gasteiger partial charge is 0.481 e. The van der Waals surface area contributed by atoms with Crippen molar-refractivity contribution in [3.05, 3.63) is 15.0 Å². The normalized spacial score (nSPS) is 10.5. The summed E-state index contributed by atoms with van der Waals surface area (Å²) in [6.07, 6.45) is 0.836. The number of carboxylic acids is 1. The van der Waals surface area contributed by atoms with Crippen LogP contribution in [0.4, 0.5) is 0 Å². The molecule has 0 bridgehead atoms. The number of hydrogen-bond acceptors (Lipinski definition) is 2. The molecular weight excluding hydrogens is 295 g/mol. The van der Waals surface area contributed by atoms with Crippen molar-refractivity contribution in [3.8, 4) is 0 Å². The summed E-state index contributed by atoms with van der Waals surface area (Å²) in [7, 11) is 0. The minimum Gasteiger partial charge on any atom is -0.481 e. The number of aryl methyl sites for hydroxylation is 2. The maximum Gasteiger partial charge on any atom is 0.303 e. The highest BCUT2D eigenvalue weighted by Crippen LogP contribution is 2.15. The second-order valence-corrected chi connectivity index (χ2v) is 4.28. The van der Waals surface area contributed by atoms with Gasteiger partial charge in [-0.2, -0.15) is 5.10 Å². The van der Waals surface area contributed by atoms with Crippen LogP contribution in [-0.2, 0) is 11.3 Å². The van der Waals surface area contributed by atoms with E-state index in [1.54, 1.807) is 0 Å². The van der Waals surface area contributed by atoms with Crippen molar-refractivity contribution in [2.75, 3.05) is 0 Å². The molecule has 0 saturated carbocycles. The van der Waals surface area contributed by atoms with Gasteiger partial charge in [0.15, 0.2) is 0 Å². The SMILES string of the molecule is Cc1nn(CCCC(=O)O)c(C)c1I. The molecule has 0 atom stereocenters. The molecule has 1 aromatic rings. The van der Waals surface area contributed by atoms with Gasteiger partial charge in [-0.15, -0.1) is 0 Å². The number of carboxylic acid groups (broad SMARTS) is 1. The summed E-state index contributed by atoms with van der Waals surface area (Å²) >= 11 is 2.26. The van der Waals surface area contributed by atoms with Crippen molar-refractivity contribution in [1.29, 1.82) is 0 Å². The fraction of sp³-hybridized carbons (Fsp3) is 0.556. The Morgan fingerprint density at radius 3 is 2.64 bits per heavy atom. The lowest BCUT2D eigenvalue weighted by Gasteiger charge is -2.02. The lowest BCUT2D eigenvalue weighted by atomic mass is 10.3. The van der Waals surface area contributed by atoms with Gasteiger partial charge < -0.3 is 5.11 Å². The van der Waals surface area contributed by atoms with Gasteiger partial charge in [-0.3, -0.25) is 9.48 Å². The molecule has 0 aromatic carbocycles. The minimum atomic E-state index is -0.749. The van der Waals surface area contributed by atoms with Gasteiger partial charge in [-0.1, -0.05) is 0 Å². The molecule has 0 spiro atoms. The topological polar surface area (TPSA) is 55.1 Å². The maximum absolute atomic E-state index is 10.3. The monoisotopic (exact) mass is 308 g/mol. The summed E-state index contributed by atoms with van der Waals surface area (Å²) in [5.41, 5.74) is 2.13. The summed E-state index contributed by atoms with van der Waals surface area (Å²) in [6, 6.07) is 0. The Labute approximate surface area is 96.4 Å². The highest BCUT2D eigenvalue weighted by atomic mass is 127. The summed E-state index contributed by atoms with van der Waals surface area (Å²) in [6.45, 7) is 4.65. The molecule has 78 valence electrons. The van der Waals surface area contributed by atoms with Gasteiger partial charge in [0.05, 0.1) is 9.26 Å². The molecule has 0 aliphatic carbocycles. The molecule has 1 N–H and O–H groups in total. The van der Waals surface area contributed by atoms with Crippen molar-refractivity contribution < 1.29 is 9.90 Å². The second kappa shape index (κ2) is 4.77. The first-order chi connectivity index (χ1) is 6.52. The lowest BCUT2D eigenvalue weighted by molar-refractivity contribution is -0.137. The first kappa shape index (κ1) is 11.5. The van der Waals surface area contributed by atoms with Crippen LogP contribution in [0.2, 0.25) is 0 Å². The van der Waals surface area contributed by atoms with E-state index in [2.05, 4.69) is 27.7 Å². The quantitative estimate of drug-likeness (QED) is 0.865. The van der Waals surface area contributed by atoms with Crippen molar-refractivity contribution in [1.82, 2.24) is 9.78 Å². The molecule has 1 heterocycles. The Morgan fingerprint density at radius 1 is 1.57 bits per heavy atom. The molecule has 14 heavy (non-hydrogen) atoms. The number of halogens is 1. The number of rotatable bonds is 4. The van der Waals surface area contributed by atoms with Crippen LogP contribution in [-0.4, -0.2) is 20.9 Å². The zero-order valence-corrected chi connectivity index (χ0v) is 10.4. The molecular formula is C9H13IN2O2. The molecule has 0 radical (unpaired) electrons. The average Bonchev–Trinajstić information content (AvgIpc) is 2.33. The first-order valence-electron chi connectivity index (χ1n) is 4.43. The van der Waals surface area contributed by atoms with E-state index in [1.807, 2.05) is 18.5 Å². The zero-order chi connectivity index (χ0) is 10.7. The predicted molar refractivity (Wildman–Crippen MR) is 61.3 cm³/mol. The van der Waals surface area contributed by atoms with Crippen LogP contribution in [0.1, 0.15) is 24.2 Å². The molecule has 0 aliphatic heterocycles. The van der Waals surface area contributed by atoms with Crippen LogP contribution in [0.3, 0.4) is 0 Å². The van der Waals surface area contributed by atoms with Gasteiger partial charge in [0.2, 0.25) is 0 Å². The standard InChI is InChI=1S/C9H13IN2O2/c1-6-9(10)7(2)12(11-6)5-3-4-8(13)14/h3-5H2,1-2H3,(H,13,14). The van der Waals surface area contributed by atoms with E-state index in [9.17, 15) is 4.79 Å². The third-order valence-electron chi connectivity index (χ3n) is 2.05. The molecule has 1 rings (SSSR count). The predicted octanol–water partition coefficient (Wildman–Crippen LogP) is 1.97. The third kappa shape index (κ3) is 2.70. The Morgan fingerprint density at radius 2 is 2.21 bits per heavy atom. The molecule has 0 saturated heterocycles. The Kier molecular flexibility index (Phi) is 3.91. The Balaban J connectivity index is 2.59. The molecule has 5 heteroatoms. The summed E-state index contributed by atoms with van der Waals surface area (Å²) in [5.74, 6) is -0.749. The van der Waals surface area contributed by atoms with Gasteiger partial charge in [0.25, 0.3) is 0 Å². The summed E-state index contributed by atoms with van der Waals surface area (Å²) in [4.78, 5) is 10.3. The zero-order valence-electron chi connectivity index (χ0n) is 8.25. The molecule has 0 unspecified atom stereocenters. The van der Waals surface area contributed by atoms with Gasteiger partial charge >= 0.3 is 5.97 Å². The van der Waals surface area contributed by atoms with Crippen LogP contribution in [0.25, 0.3) is 0 Å². The fourth-order valence-electron chi connectivity index (χ4n) is 1.27. The molecule has 1 aromatic heterocycles. The first-order valence-corrected chi connectivity index (χ1v) is 5.51. The van der Waals surface area contributed by atoms with Crippen molar-refractivity contribution >= 4 is 28.6 Å². The number of aromatic nitrogens is 2.